The molecular weight excluding hydrogens is 352 g/mol. The Labute approximate surface area is 167 Å². The molecule has 3 rings (SSSR count). The first-order valence-electron chi connectivity index (χ1n) is 9.95. The number of aryl methyl sites for hydroxylation is 1. The summed E-state index contributed by atoms with van der Waals surface area (Å²) in [5.41, 5.74) is 2.05. The Hall–Kier alpha value is -2.53. The molecule has 1 fully saturated rings. The van der Waals surface area contributed by atoms with Gasteiger partial charge in [0.1, 0.15) is 17.6 Å². The highest BCUT2D eigenvalue weighted by molar-refractivity contribution is 5.80. The van der Waals surface area contributed by atoms with Gasteiger partial charge in [-0.1, -0.05) is 30.3 Å². The summed E-state index contributed by atoms with van der Waals surface area (Å²) >= 11 is 0. The van der Waals surface area contributed by atoms with Crippen molar-refractivity contribution < 1.29 is 14.3 Å². The van der Waals surface area contributed by atoms with Crippen LogP contribution in [0.4, 0.5) is 0 Å². The van der Waals surface area contributed by atoms with Crippen molar-refractivity contribution in [3.63, 3.8) is 0 Å². The molecule has 5 heteroatoms. The van der Waals surface area contributed by atoms with E-state index in [2.05, 4.69) is 17.3 Å². The second-order valence-electron chi connectivity index (χ2n) is 7.51. The first kappa shape index (κ1) is 20.2. The van der Waals surface area contributed by atoms with E-state index in [0.717, 1.165) is 48.6 Å². The molecule has 0 saturated carbocycles. The van der Waals surface area contributed by atoms with Crippen LogP contribution < -0.4 is 14.8 Å². The van der Waals surface area contributed by atoms with Crippen LogP contribution in [0, 0.1) is 6.92 Å². The third-order valence-corrected chi connectivity index (χ3v) is 5.13. The first-order chi connectivity index (χ1) is 13.5. The van der Waals surface area contributed by atoms with Gasteiger partial charge in [0.2, 0.25) is 0 Å². The number of rotatable bonds is 7. The third-order valence-electron chi connectivity index (χ3n) is 5.13. The summed E-state index contributed by atoms with van der Waals surface area (Å²) < 4.78 is 11.8. The van der Waals surface area contributed by atoms with Gasteiger partial charge in [0.05, 0.1) is 0 Å². The Kier molecular flexibility index (Phi) is 6.93. The van der Waals surface area contributed by atoms with E-state index in [9.17, 15) is 4.79 Å². The number of carbonyl (C=O) groups excluding carboxylic acids is 1. The Morgan fingerprint density at radius 1 is 1.14 bits per heavy atom. The molecule has 1 saturated heterocycles. The Morgan fingerprint density at radius 3 is 2.50 bits per heavy atom. The normalized spacial score (nSPS) is 16.4. The number of amides is 1. The number of carbonyl (C=O) groups is 1. The van der Waals surface area contributed by atoms with Crippen LogP contribution in [0.2, 0.25) is 0 Å². The van der Waals surface area contributed by atoms with E-state index < -0.39 is 6.10 Å². The summed E-state index contributed by atoms with van der Waals surface area (Å²) in [6.45, 7) is 6.36. The maximum Gasteiger partial charge on any atom is 0.261 e. The van der Waals surface area contributed by atoms with Gasteiger partial charge in [0, 0.05) is 19.6 Å². The lowest BCUT2D eigenvalue weighted by atomic mass is 10.1. The number of hydrogen-bond donors (Lipinski definition) is 1. The number of likely N-dealkylation sites (tertiary alicyclic amines) is 1. The van der Waals surface area contributed by atoms with Crippen LogP contribution in [0.5, 0.6) is 11.5 Å². The van der Waals surface area contributed by atoms with Crippen molar-refractivity contribution in [3.8, 4) is 11.5 Å². The molecule has 1 aliphatic heterocycles. The van der Waals surface area contributed by atoms with Gasteiger partial charge < -0.3 is 19.7 Å². The number of benzene rings is 2. The average molecular weight is 383 g/mol. The van der Waals surface area contributed by atoms with Crippen molar-refractivity contribution in [2.75, 3.05) is 20.1 Å². The fourth-order valence-electron chi connectivity index (χ4n) is 3.25. The van der Waals surface area contributed by atoms with Gasteiger partial charge in [0.25, 0.3) is 5.91 Å². The number of ether oxygens (including phenoxy) is 2. The van der Waals surface area contributed by atoms with Gasteiger partial charge in [0.15, 0.2) is 6.10 Å². The molecule has 0 spiro atoms. The van der Waals surface area contributed by atoms with Gasteiger partial charge in [-0.3, -0.25) is 4.79 Å². The highest BCUT2D eigenvalue weighted by Gasteiger charge is 2.18. The van der Waals surface area contributed by atoms with E-state index in [1.807, 2.05) is 55.5 Å². The molecule has 2 aromatic carbocycles. The van der Waals surface area contributed by atoms with Gasteiger partial charge in [-0.15, -0.1) is 0 Å². The quantitative estimate of drug-likeness (QED) is 0.796. The molecule has 1 aliphatic rings. The highest BCUT2D eigenvalue weighted by atomic mass is 16.5. The topological polar surface area (TPSA) is 50.8 Å². The van der Waals surface area contributed by atoms with Crippen LogP contribution >= 0.6 is 0 Å². The molecule has 0 radical (unpaired) electrons. The lowest BCUT2D eigenvalue weighted by Crippen LogP contribution is -2.36. The van der Waals surface area contributed by atoms with Crippen molar-refractivity contribution in [1.29, 1.82) is 0 Å². The average Bonchev–Trinajstić information content (AvgIpc) is 2.70. The number of piperidine rings is 1. The monoisotopic (exact) mass is 382 g/mol. The fourth-order valence-corrected chi connectivity index (χ4v) is 3.25. The molecule has 1 atom stereocenters. The minimum absolute atomic E-state index is 0.130. The van der Waals surface area contributed by atoms with Crippen LogP contribution in [0.15, 0.2) is 48.5 Å². The Balaban J connectivity index is 1.45. The second-order valence-corrected chi connectivity index (χ2v) is 7.51. The van der Waals surface area contributed by atoms with E-state index in [1.54, 1.807) is 6.92 Å². The minimum atomic E-state index is -0.548. The molecule has 5 nitrogen and oxygen atoms in total. The maximum absolute atomic E-state index is 12.3. The largest absolute Gasteiger partial charge is 0.490 e. The molecule has 0 unspecified atom stereocenters. The lowest BCUT2D eigenvalue weighted by Gasteiger charge is -2.29. The van der Waals surface area contributed by atoms with Gasteiger partial charge in [-0.25, -0.2) is 0 Å². The summed E-state index contributed by atoms with van der Waals surface area (Å²) in [5, 5.41) is 2.93. The molecule has 0 bridgehead atoms. The number of nitrogens with zero attached hydrogens (tertiary/aromatic N) is 1. The zero-order valence-corrected chi connectivity index (χ0v) is 17.0. The molecule has 150 valence electrons. The van der Waals surface area contributed by atoms with Gasteiger partial charge in [-0.05, 0) is 63.1 Å². The SMILES string of the molecule is Cc1ccccc1O[C@H](C)C(=O)NCc1ccc(OC2CCN(C)CC2)cc1. The Morgan fingerprint density at radius 2 is 1.82 bits per heavy atom. The van der Waals surface area contributed by atoms with Gasteiger partial charge >= 0.3 is 0 Å². The highest BCUT2D eigenvalue weighted by Crippen LogP contribution is 2.20. The molecule has 2 aromatic rings. The van der Waals surface area contributed by atoms with Crippen LogP contribution in [-0.4, -0.2) is 43.2 Å². The minimum Gasteiger partial charge on any atom is -0.490 e. The fraction of sp³-hybridized carbons (Fsp3) is 0.435. The van der Waals surface area contributed by atoms with Crippen molar-refractivity contribution in [2.45, 2.75) is 45.4 Å². The van der Waals surface area contributed by atoms with Crippen LogP contribution in [-0.2, 0) is 11.3 Å². The second kappa shape index (κ2) is 9.60. The van der Waals surface area contributed by atoms with Crippen molar-refractivity contribution >= 4 is 5.91 Å². The predicted octanol–water partition coefficient (Wildman–Crippen LogP) is 3.55. The zero-order valence-electron chi connectivity index (χ0n) is 17.0. The molecule has 1 N–H and O–H groups in total. The summed E-state index contributed by atoms with van der Waals surface area (Å²) in [4.78, 5) is 14.7. The molecular formula is C23H30N2O3. The van der Waals surface area contributed by atoms with E-state index in [4.69, 9.17) is 9.47 Å². The molecule has 1 amide bonds. The van der Waals surface area contributed by atoms with Crippen LogP contribution in [0.1, 0.15) is 30.9 Å². The smallest absolute Gasteiger partial charge is 0.261 e. The van der Waals surface area contributed by atoms with E-state index >= 15 is 0 Å². The molecule has 0 aromatic heterocycles. The number of nitrogens with one attached hydrogen (secondary N) is 1. The number of para-hydroxylation sites is 1. The van der Waals surface area contributed by atoms with Crippen molar-refractivity contribution in [2.24, 2.45) is 0 Å². The molecule has 1 heterocycles. The first-order valence-corrected chi connectivity index (χ1v) is 9.95. The Bertz CT molecular complexity index is 768. The van der Waals surface area contributed by atoms with Crippen LogP contribution in [0.25, 0.3) is 0 Å². The maximum atomic E-state index is 12.3. The standard InChI is InChI=1S/C23H30N2O3/c1-17-6-4-5-7-22(17)27-18(2)23(26)24-16-19-8-10-20(11-9-19)28-21-12-14-25(3)15-13-21/h4-11,18,21H,12-16H2,1-3H3,(H,24,26)/t18-/m1/s1. The summed E-state index contributed by atoms with van der Waals surface area (Å²) in [6.07, 6.45) is 1.87. The summed E-state index contributed by atoms with van der Waals surface area (Å²) in [7, 11) is 2.15. The number of hydrogen-bond acceptors (Lipinski definition) is 4. The van der Waals surface area contributed by atoms with Crippen molar-refractivity contribution in [1.82, 2.24) is 10.2 Å². The van der Waals surface area contributed by atoms with E-state index in [0.29, 0.717) is 12.6 Å². The molecule has 28 heavy (non-hydrogen) atoms. The van der Waals surface area contributed by atoms with Crippen molar-refractivity contribution in [3.05, 3.63) is 59.7 Å². The van der Waals surface area contributed by atoms with E-state index in [1.165, 1.54) is 0 Å². The van der Waals surface area contributed by atoms with Crippen LogP contribution in [0.3, 0.4) is 0 Å². The molecule has 0 aliphatic carbocycles. The van der Waals surface area contributed by atoms with Gasteiger partial charge in [-0.2, -0.15) is 0 Å². The van der Waals surface area contributed by atoms with E-state index in [-0.39, 0.29) is 5.91 Å². The lowest BCUT2D eigenvalue weighted by molar-refractivity contribution is -0.127. The summed E-state index contributed by atoms with van der Waals surface area (Å²) in [6, 6.07) is 15.7. The predicted molar refractivity (Wildman–Crippen MR) is 111 cm³/mol. The zero-order chi connectivity index (χ0) is 19.9. The third kappa shape index (κ3) is 5.73. The summed E-state index contributed by atoms with van der Waals surface area (Å²) in [5.74, 6) is 1.50.